The predicted molar refractivity (Wildman–Crippen MR) is 126 cm³/mol. The number of aromatic nitrogens is 1. The van der Waals surface area contributed by atoms with Crippen molar-refractivity contribution in [2.24, 2.45) is 0 Å². The summed E-state index contributed by atoms with van der Waals surface area (Å²) < 4.78 is 34.0. The Hall–Kier alpha value is -2.64. The van der Waals surface area contributed by atoms with E-state index in [1.165, 1.54) is 24.6 Å². The molecule has 1 aliphatic carbocycles. The van der Waals surface area contributed by atoms with Crippen LogP contribution in [0.3, 0.4) is 0 Å². The number of amides is 1. The van der Waals surface area contributed by atoms with E-state index in [0.717, 1.165) is 42.3 Å². The van der Waals surface area contributed by atoms with Gasteiger partial charge >= 0.3 is 0 Å². The summed E-state index contributed by atoms with van der Waals surface area (Å²) in [5.74, 6) is -0.707. The molecule has 0 radical (unpaired) electrons. The minimum atomic E-state index is -0.429. The van der Waals surface area contributed by atoms with E-state index in [9.17, 15) is 13.6 Å². The van der Waals surface area contributed by atoms with Crippen molar-refractivity contribution in [2.75, 3.05) is 20.2 Å². The molecule has 2 heterocycles. The Morgan fingerprint density at radius 2 is 2.03 bits per heavy atom. The van der Waals surface area contributed by atoms with Crippen LogP contribution < -0.4 is 10.1 Å². The van der Waals surface area contributed by atoms with E-state index in [-0.39, 0.29) is 35.9 Å². The average Bonchev–Trinajstić information content (AvgIpc) is 3.16. The van der Waals surface area contributed by atoms with Crippen LogP contribution in [0.2, 0.25) is 0 Å². The molecule has 0 bridgehead atoms. The number of ether oxygens (including phenoxy) is 1. The molecule has 1 unspecified atom stereocenters. The first kappa shape index (κ1) is 23.5. The maximum Gasteiger partial charge on any atom is 0.251 e. The zero-order valence-electron chi connectivity index (χ0n) is 18.5. The van der Waals surface area contributed by atoms with Crippen molar-refractivity contribution in [3.8, 4) is 5.75 Å². The zero-order chi connectivity index (χ0) is 22.2. The molecule has 2 aromatic carbocycles. The van der Waals surface area contributed by atoms with Gasteiger partial charge in [0, 0.05) is 53.9 Å². The van der Waals surface area contributed by atoms with E-state index < -0.39 is 5.82 Å². The van der Waals surface area contributed by atoms with E-state index in [2.05, 4.69) is 15.2 Å². The Kier molecular flexibility index (Phi) is 6.91. The molecular formula is C25H28ClF2N3O2. The van der Waals surface area contributed by atoms with Gasteiger partial charge in [-0.05, 0) is 61.6 Å². The van der Waals surface area contributed by atoms with Crippen molar-refractivity contribution in [3.63, 3.8) is 0 Å². The number of benzene rings is 2. The van der Waals surface area contributed by atoms with Gasteiger partial charge in [-0.2, -0.15) is 0 Å². The van der Waals surface area contributed by atoms with Gasteiger partial charge in [0.05, 0.1) is 0 Å². The molecule has 2 N–H and O–H groups in total. The third kappa shape index (κ3) is 4.44. The van der Waals surface area contributed by atoms with Crippen LogP contribution in [0, 0.1) is 11.6 Å². The minimum absolute atomic E-state index is 0. The summed E-state index contributed by atoms with van der Waals surface area (Å²) >= 11 is 0. The fourth-order valence-electron chi connectivity index (χ4n) is 4.98. The summed E-state index contributed by atoms with van der Waals surface area (Å²) in [7, 11) is 1.57. The van der Waals surface area contributed by atoms with E-state index in [1.54, 1.807) is 19.2 Å². The molecule has 2 aliphatic rings. The van der Waals surface area contributed by atoms with Gasteiger partial charge in [0.15, 0.2) is 11.6 Å². The minimum Gasteiger partial charge on any atom is -0.489 e. The fraction of sp³-hybridized carbons (Fsp3) is 0.400. The molecule has 33 heavy (non-hydrogen) atoms. The lowest BCUT2D eigenvalue weighted by atomic mass is 9.87. The third-order valence-electron chi connectivity index (χ3n) is 6.93. The zero-order valence-corrected chi connectivity index (χ0v) is 19.3. The summed E-state index contributed by atoms with van der Waals surface area (Å²) in [6.45, 7) is 1.18. The van der Waals surface area contributed by atoms with Crippen LogP contribution in [-0.4, -0.2) is 48.1 Å². The van der Waals surface area contributed by atoms with Gasteiger partial charge in [-0.15, -0.1) is 12.4 Å². The Bertz CT molecular complexity index is 1160. The van der Waals surface area contributed by atoms with E-state index in [0.29, 0.717) is 30.2 Å². The standard InChI is InChI=1S/C25H27F2N3O2.ClH/c1-28-25(31)19-6-7-22(27)24-21(19)12-18(14-32-24)30(17-3-2-4-17)10-9-15-13-29-23-8-5-16(26)11-20(15)23;/h5-8,11,13,17-18,29H,2-4,9-10,12,14H2,1H3,(H,28,31);1H. The predicted octanol–water partition coefficient (Wildman–Crippen LogP) is 4.63. The Morgan fingerprint density at radius 3 is 2.76 bits per heavy atom. The number of H-pyrrole nitrogens is 1. The van der Waals surface area contributed by atoms with Crippen molar-refractivity contribution in [2.45, 2.75) is 44.2 Å². The summed E-state index contributed by atoms with van der Waals surface area (Å²) in [5.41, 5.74) is 3.11. The van der Waals surface area contributed by atoms with Gasteiger partial charge in [-0.25, -0.2) is 8.78 Å². The van der Waals surface area contributed by atoms with Crippen LogP contribution in [0.4, 0.5) is 8.78 Å². The molecule has 1 atom stereocenters. The quantitative estimate of drug-likeness (QED) is 0.546. The number of hydrogen-bond acceptors (Lipinski definition) is 3. The van der Waals surface area contributed by atoms with Crippen molar-refractivity contribution >= 4 is 29.2 Å². The molecule has 5 nitrogen and oxygen atoms in total. The topological polar surface area (TPSA) is 57.4 Å². The summed E-state index contributed by atoms with van der Waals surface area (Å²) in [5, 5.41) is 3.55. The molecule has 176 valence electrons. The first-order valence-electron chi connectivity index (χ1n) is 11.2. The number of aromatic amines is 1. The van der Waals surface area contributed by atoms with E-state index in [1.807, 2.05) is 6.20 Å². The van der Waals surface area contributed by atoms with Crippen molar-refractivity contribution in [3.05, 3.63) is 64.9 Å². The number of carbonyl (C=O) groups excluding carboxylic acids is 1. The van der Waals surface area contributed by atoms with Gasteiger partial charge in [-0.3, -0.25) is 9.69 Å². The number of rotatable bonds is 6. The highest BCUT2D eigenvalue weighted by atomic mass is 35.5. The number of hydrogen-bond donors (Lipinski definition) is 2. The molecule has 3 aromatic rings. The SMILES string of the molecule is CNC(=O)c1ccc(F)c2c1CC(N(CCc1c[nH]c3ccc(F)cc13)C1CCC1)CO2.Cl. The van der Waals surface area contributed by atoms with E-state index in [4.69, 9.17) is 4.74 Å². The average molecular weight is 476 g/mol. The highest BCUT2D eigenvalue weighted by Crippen LogP contribution is 2.35. The van der Waals surface area contributed by atoms with Crippen molar-refractivity contribution in [1.82, 2.24) is 15.2 Å². The molecule has 1 fully saturated rings. The number of nitrogens with zero attached hydrogens (tertiary/aromatic N) is 1. The Morgan fingerprint density at radius 1 is 1.21 bits per heavy atom. The van der Waals surface area contributed by atoms with Gasteiger partial charge in [0.2, 0.25) is 0 Å². The highest BCUT2D eigenvalue weighted by molar-refractivity contribution is 5.96. The summed E-state index contributed by atoms with van der Waals surface area (Å²) in [6, 6.07) is 8.13. The number of carbonyl (C=O) groups is 1. The van der Waals surface area contributed by atoms with Crippen LogP contribution in [0.5, 0.6) is 5.75 Å². The van der Waals surface area contributed by atoms with Gasteiger partial charge in [-0.1, -0.05) is 6.42 Å². The van der Waals surface area contributed by atoms with Gasteiger partial charge < -0.3 is 15.0 Å². The Balaban J connectivity index is 0.00000259. The van der Waals surface area contributed by atoms with Gasteiger partial charge in [0.1, 0.15) is 12.4 Å². The summed E-state index contributed by atoms with van der Waals surface area (Å²) in [4.78, 5) is 18.0. The molecular weight excluding hydrogens is 448 g/mol. The number of fused-ring (bicyclic) bond motifs is 2. The fourth-order valence-corrected chi connectivity index (χ4v) is 4.98. The van der Waals surface area contributed by atoms with E-state index >= 15 is 0 Å². The maximum atomic E-state index is 14.4. The second-order valence-corrected chi connectivity index (χ2v) is 8.73. The Labute approximate surface area is 197 Å². The first-order valence-corrected chi connectivity index (χ1v) is 11.2. The molecule has 5 rings (SSSR count). The van der Waals surface area contributed by atoms with Crippen molar-refractivity contribution < 1.29 is 18.3 Å². The molecule has 0 spiro atoms. The second-order valence-electron chi connectivity index (χ2n) is 8.73. The maximum absolute atomic E-state index is 14.4. The van der Waals surface area contributed by atoms with Gasteiger partial charge in [0.25, 0.3) is 5.91 Å². The lowest BCUT2D eigenvalue weighted by Gasteiger charge is -2.44. The first-order chi connectivity index (χ1) is 15.5. The molecule has 1 amide bonds. The third-order valence-corrected chi connectivity index (χ3v) is 6.93. The number of halogens is 3. The molecule has 0 saturated heterocycles. The molecule has 1 aromatic heterocycles. The molecule has 1 aliphatic heterocycles. The lowest BCUT2D eigenvalue weighted by molar-refractivity contribution is 0.0440. The second kappa shape index (κ2) is 9.69. The van der Waals surface area contributed by atoms with Crippen LogP contribution >= 0.6 is 12.4 Å². The van der Waals surface area contributed by atoms with Crippen LogP contribution in [-0.2, 0) is 12.8 Å². The lowest BCUT2D eigenvalue weighted by Crippen LogP contribution is -2.52. The van der Waals surface area contributed by atoms with Crippen LogP contribution in [0.25, 0.3) is 10.9 Å². The molecule has 1 saturated carbocycles. The highest BCUT2D eigenvalue weighted by Gasteiger charge is 2.35. The monoisotopic (exact) mass is 475 g/mol. The van der Waals surface area contributed by atoms with Crippen molar-refractivity contribution in [1.29, 1.82) is 0 Å². The normalized spacial score (nSPS) is 17.8. The molecule has 8 heteroatoms. The number of nitrogens with one attached hydrogen (secondary N) is 2. The largest absolute Gasteiger partial charge is 0.489 e. The van der Waals surface area contributed by atoms with Crippen LogP contribution in [0.1, 0.15) is 40.7 Å². The van der Waals surface area contributed by atoms with Crippen LogP contribution in [0.15, 0.2) is 36.5 Å². The smallest absolute Gasteiger partial charge is 0.251 e. The summed E-state index contributed by atoms with van der Waals surface area (Å²) in [6.07, 6.45) is 6.73.